The summed E-state index contributed by atoms with van der Waals surface area (Å²) in [7, 11) is 0. The van der Waals surface area contributed by atoms with Crippen LogP contribution in [-0.2, 0) is 17.9 Å². The number of nitrogens with zero attached hydrogens (tertiary/aromatic N) is 3. The highest BCUT2D eigenvalue weighted by molar-refractivity contribution is 7.07. The molecule has 4 nitrogen and oxygen atoms in total. The van der Waals surface area contributed by atoms with Crippen LogP contribution in [0.3, 0.4) is 0 Å². The van der Waals surface area contributed by atoms with Crippen molar-refractivity contribution in [3.63, 3.8) is 0 Å². The van der Waals surface area contributed by atoms with E-state index in [1.54, 1.807) is 11.3 Å². The van der Waals surface area contributed by atoms with Gasteiger partial charge in [-0.25, -0.2) is 0 Å². The van der Waals surface area contributed by atoms with Crippen molar-refractivity contribution in [2.45, 2.75) is 44.9 Å². The van der Waals surface area contributed by atoms with Gasteiger partial charge in [0.2, 0.25) is 5.91 Å². The highest BCUT2D eigenvalue weighted by Gasteiger charge is 2.46. The highest BCUT2D eigenvalue weighted by atomic mass is 32.1. The summed E-state index contributed by atoms with van der Waals surface area (Å²) in [5, 5.41) is 4.33. The molecule has 4 rings (SSSR count). The molecule has 0 bridgehead atoms. The first-order valence-corrected chi connectivity index (χ1v) is 9.12. The van der Waals surface area contributed by atoms with E-state index in [1.165, 1.54) is 5.56 Å². The lowest BCUT2D eigenvalue weighted by molar-refractivity contribution is -0.129. The number of hydrogen-bond donors (Lipinski definition) is 0. The molecule has 5 heteroatoms. The first kappa shape index (κ1) is 14.8. The van der Waals surface area contributed by atoms with Crippen molar-refractivity contribution in [2.75, 3.05) is 6.54 Å². The van der Waals surface area contributed by atoms with Gasteiger partial charge in [-0.3, -0.25) is 14.7 Å². The summed E-state index contributed by atoms with van der Waals surface area (Å²) in [5.74, 6) is 0.276. The Bertz CT molecular complexity index is 700. The van der Waals surface area contributed by atoms with Crippen LogP contribution in [0.15, 0.2) is 35.0 Å². The van der Waals surface area contributed by atoms with Crippen molar-refractivity contribution in [3.05, 3.63) is 52.0 Å². The van der Waals surface area contributed by atoms with Gasteiger partial charge in [-0.05, 0) is 47.9 Å². The van der Waals surface area contributed by atoms with Gasteiger partial charge < -0.3 is 4.90 Å². The van der Waals surface area contributed by atoms with Gasteiger partial charge in [-0.1, -0.05) is 6.07 Å². The van der Waals surface area contributed by atoms with Crippen LogP contribution >= 0.6 is 11.3 Å². The number of pyridine rings is 1. The third-order valence-corrected chi connectivity index (χ3v) is 5.71. The number of aromatic nitrogens is 1. The van der Waals surface area contributed by atoms with Crippen molar-refractivity contribution in [1.82, 2.24) is 14.8 Å². The molecule has 0 spiro atoms. The molecule has 0 aromatic carbocycles. The van der Waals surface area contributed by atoms with Crippen LogP contribution in [0.4, 0.5) is 0 Å². The summed E-state index contributed by atoms with van der Waals surface area (Å²) in [6.45, 7) is 4.69. The molecule has 0 saturated carbocycles. The summed E-state index contributed by atoms with van der Waals surface area (Å²) in [6, 6.07) is 8.94. The monoisotopic (exact) mass is 327 g/mol. The Balaban J connectivity index is 1.48. The van der Waals surface area contributed by atoms with Crippen molar-refractivity contribution in [3.8, 4) is 0 Å². The average Bonchev–Trinajstić information content (AvgIpc) is 3.22. The quantitative estimate of drug-likeness (QED) is 0.866. The third-order valence-electron chi connectivity index (χ3n) is 4.97. The number of rotatable bonds is 4. The standard InChI is InChI=1S/C18H21N3OS/c1-13-3-2-4-15(19-13)11-21-16-5-7-20(17(16)9-18(21)22)10-14-6-8-23-12-14/h2-4,6,8,12,16-17H,5,7,9-11H2,1H3/t16-,17+/m0/s1. The smallest absolute Gasteiger partial charge is 0.224 e. The normalized spacial score (nSPS) is 24.4. The molecule has 1 amide bonds. The van der Waals surface area contributed by atoms with Crippen LogP contribution in [0.5, 0.6) is 0 Å². The van der Waals surface area contributed by atoms with Crippen molar-refractivity contribution < 1.29 is 4.79 Å². The van der Waals surface area contributed by atoms with E-state index in [1.807, 2.05) is 25.1 Å². The molecule has 4 heterocycles. The Morgan fingerprint density at radius 1 is 1.26 bits per heavy atom. The summed E-state index contributed by atoms with van der Waals surface area (Å²) < 4.78 is 0. The van der Waals surface area contributed by atoms with Crippen LogP contribution in [0, 0.1) is 6.92 Å². The van der Waals surface area contributed by atoms with Gasteiger partial charge >= 0.3 is 0 Å². The molecule has 2 aromatic rings. The maximum atomic E-state index is 12.5. The van der Waals surface area contributed by atoms with E-state index in [0.717, 1.165) is 30.9 Å². The molecule has 120 valence electrons. The minimum atomic E-state index is 0.276. The zero-order chi connectivity index (χ0) is 15.8. The van der Waals surface area contributed by atoms with Crippen molar-refractivity contribution >= 4 is 17.2 Å². The van der Waals surface area contributed by atoms with Gasteiger partial charge in [-0.15, -0.1) is 0 Å². The Morgan fingerprint density at radius 2 is 2.17 bits per heavy atom. The van der Waals surface area contributed by atoms with Crippen molar-refractivity contribution in [1.29, 1.82) is 0 Å². The predicted molar refractivity (Wildman–Crippen MR) is 91.1 cm³/mol. The number of carbonyl (C=O) groups excluding carboxylic acids is 1. The summed E-state index contributed by atoms with van der Waals surface area (Å²) >= 11 is 1.74. The third kappa shape index (κ3) is 2.91. The van der Waals surface area contributed by atoms with E-state index in [-0.39, 0.29) is 5.91 Å². The zero-order valence-corrected chi connectivity index (χ0v) is 14.1. The molecule has 23 heavy (non-hydrogen) atoms. The number of fused-ring (bicyclic) bond motifs is 1. The number of thiophene rings is 1. The van der Waals surface area contributed by atoms with E-state index in [4.69, 9.17) is 0 Å². The summed E-state index contributed by atoms with van der Waals surface area (Å²) in [4.78, 5) is 21.6. The van der Waals surface area contributed by atoms with Gasteiger partial charge in [-0.2, -0.15) is 11.3 Å². The number of carbonyl (C=O) groups is 1. The first-order valence-electron chi connectivity index (χ1n) is 8.18. The van der Waals surface area contributed by atoms with E-state index >= 15 is 0 Å². The van der Waals surface area contributed by atoms with Gasteiger partial charge in [0, 0.05) is 37.3 Å². The van der Waals surface area contributed by atoms with E-state index in [9.17, 15) is 4.79 Å². The molecule has 0 aliphatic carbocycles. The predicted octanol–water partition coefficient (Wildman–Crippen LogP) is 2.83. The minimum Gasteiger partial charge on any atom is -0.332 e. The minimum absolute atomic E-state index is 0.276. The van der Waals surface area contributed by atoms with Crippen molar-refractivity contribution in [2.24, 2.45) is 0 Å². The molecule has 2 aliphatic heterocycles. The summed E-state index contributed by atoms with van der Waals surface area (Å²) in [6.07, 6.45) is 1.73. The Labute approximate surface area is 140 Å². The number of amides is 1. The summed E-state index contributed by atoms with van der Waals surface area (Å²) in [5.41, 5.74) is 3.37. The number of hydrogen-bond acceptors (Lipinski definition) is 4. The maximum Gasteiger partial charge on any atom is 0.224 e. The second-order valence-corrected chi connectivity index (χ2v) is 7.30. The average molecular weight is 327 g/mol. The molecular weight excluding hydrogens is 306 g/mol. The van der Waals surface area contributed by atoms with Gasteiger partial charge in [0.15, 0.2) is 0 Å². The molecule has 2 atom stereocenters. The molecule has 2 saturated heterocycles. The molecule has 2 aromatic heterocycles. The lowest BCUT2D eigenvalue weighted by Crippen LogP contribution is -2.36. The van der Waals surface area contributed by atoms with E-state index in [0.29, 0.717) is 25.0 Å². The maximum absolute atomic E-state index is 12.5. The van der Waals surface area contributed by atoms with Crippen LogP contribution in [0.2, 0.25) is 0 Å². The molecule has 0 unspecified atom stereocenters. The second kappa shape index (κ2) is 6.06. The van der Waals surface area contributed by atoms with Crippen LogP contribution < -0.4 is 0 Å². The number of aryl methyl sites for hydroxylation is 1. The molecule has 2 fully saturated rings. The van der Waals surface area contributed by atoms with Gasteiger partial charge in [0.05, 0.1) is 12.2 Å². The van der Waals surface area contributed by atoms with Gasteiger partial charge in [0.1, 0.15) is 0 Å². The SMILES string of the molecule is Cc1cccc(CN2C(=O)C[C@@H]3[C@@H]2CCN3Cc2ccsc2)n1. The highest BCUT2D eigenvalue weighted by Crippen LogP contribution is 2.34. The fourth-order valence-corrected chi connectivity index (χ4v) is 4.55. The molecule has 2 aliphatic rings. The molecular formula is C18H21N3OS. The van der Waals surface area contributed by atoms with Gasteiger partial charge in [0.25, 0.3) is 0 Å². The molecule has 0 N–H and O–H groups in total. The fraction of sp³-hybridized carbons (Fsp3) is 0.444. The van der Waals surface area contributed by atoms with Crippen LogP contribution in [0.1, 0.15) is 29.8 Å². The largest absolute Gasteiger partial charge is 0.332 e. The first-order chi connectivity index (χ1) is 11.2. The van der Waals surface area contributed by atoms with Crippen LogP contribution in [-0.4, -0.2) is 39.3 Å². The fourth-order valence-electron chi connectivity index (χ4n) is 3.89. The zero-order valence-electron chi connectivity index (χ0n) is 13.3. The number of likely N-dealkylation sites (tertiary alicyclic amines) is 2. The van der Waals surface area contributed by atoms with E-state index in [2.05, 4.69) is 31.6 Å². The molecule has 0 radical (unpaired) electrons. The Morgan fingerprint density at radius 3 is 2.96 bits per heavy atom. The topological polar surface area (TPSA) is 36.4 Å². The lowest BCUT2D eigenvalue weighted by Gasteiger charge is -2.25. The van der Waals surface area contributed by atoms with Crippen LogP contribution in [0.25, 0.3) is 0 Å². The van der Waals surface area contributed by atoms with E-state index < -0.39 is 0 Å². The Hall–Kier alpha value is -1.72. The lowest BCUT2D eigenvalue weighted by atomic mass is 10.1. The Kier molecular flexibility index (Phi) is 3.91. The second-order valence-electron chi connectivity index (χ2n) is 6.52.